The molecular formula is C19H17ClN2O. The van der Waals surface area contributed by atoms with Gasteiger partial charge in [0.15, 0.2) is 0 Å². The van der Waals surface area contributed by atoms with Gasteiger partial charge < -0.3 is 12.4 Å². The Labute approximate surface area is 142 Å². The second kappa shape index (κ2) is 7.56. The molecule has 4 heteroatoms. The van der Waals surface area contributed by atoms with Gasteiger partial charge in [0.1, 0.15) is 11.9 Å². The molecule has 0 saturated carbocycles. The van der Waals surface area contributed by atoms with Crippen LogP contribution >= 0.6 is 0 Å². The first-order valence-corrected chi connectivity index (χ1v) is 7.15. The van der Waals surface area contributed by atoms with Crippen molar-refractivity contribution in [3.05, 3.63) is 85.2 Å². The van der Waals surface area contributed by atoms with E-state index in [-0.39, 0.29) is 18.4 Å². The Kier molecular flexibility index (Phi) is 5.50. The van der Waals surface area contributed by atoms with Gasteiger partial charge in [0.2, 0.25) is 0 Å². The van der Waals surface area contributed by atoms with E-state index in [9.17, 15) is 4.79 Å². The Morgan fingerprint density at radius 2 is 1.39 bits per heavy atom. The number of hydrogen-bond acceptors (Lipinski definition) is 1. The summed E-state index contributed by atoms with van der Waals surface area (Å²) in [7, 11) is 1.78. The average Bonchev–Trinajstić information content (AvgIpc) is 2.62. The van der Waals surface area contributed by atoms with Crippen LogP contribution in [-0.2, 0) is 0 Å². The molecule has 0 unspecified atom stereocenters. The monoisotopic (exact) mass is 324 g/mol. The maximum Gasteiger partial charge on any atom is 0.502 e. The van der Waals surface area contributed by atoms with Gasteiger partial charge >= 0.3 is 6.03 Å². The number of benzene rings is 2. The van der Waals surface area contributed by atoms with Gasteiger partial charge in [0.05, 0.1) is 13.2 Å². The van der Waals surface area contributed by atoms with Gasteiger partial charge in [-0.05, 0) is 29.8 Å². The molecule has 3 rings (SSSR count). The van der Waals surface area contributed by atoms with Crippen LogP contribution < -0.4 is 21.9 Å². The Morgan fingerprint density at radius 1 is 0.826 bits per heavy atom. The first-order chi connectivity index (χ1) is 10.8. The summed E-state index contributed by atoms with van der Waals surface area (Å²) in [6, 6.07) is 23.4. The van der Waals surface area contributed by atoms with Crippen molar-refractivity contribution in [3.63, 3.8) is 0 Å². The summed E-state index contributed by atoms with van der Waals surface area (Å²) in [5, 5.41) is 0. The third-order valence-corrected chi connectivity index (χ3v) is 3.56. The van der Waals surface area contributed by atoms with Crippen molar-refractivity contribution in [1.29, 1.82) is 0 Å². The molecule has 1 heterocycles. The van der Waals surface area contributed by atoms with Crippen LogP contribution in [0.1, 0.15) is 0 Å². The highest BCUT2D eigenvalue weighted by Gasteiger charge is 2.22. The summed E-state index contributed by atoms with van der Waals surface area (Å²) >= 11 is 0. The number of para-hydroxylation sites is 1. The summed E-state index contributed by atoms with van der Waals surface area (Å²) in [5.41, 5.74) is 2.97. The van der Waals surface area contributed by atoms with E-state index in [0.29, 0.717) is 0 Å². The molecule has 3 aromatic rings. The largest absolute Gasteiger partial charge is 1.00 e. The number of halogens is 1. The molecule has 23 heavy (non-hydrogen) atoms. The second-order valence-corrected chi connectivity index (χ2v) is 5.04. The van der Waals surface area contributed by atoms with Crippen molar-refractivity contribution in [3.8, 4) is 11.1 Å². The molecule has 0 spiro atoms. The Balaban J connectivity index is 0.00000192. The number of nitrogens with zero attached hydrogens (tertiary/aromatic N) is 2. The lowest BCUT2D eigenvalue weighted by molar-refractivity contribution is -0.569. The predicted molar refractivity (Wildman–Crippen MR) is 87.7 cm³/mol. The molecule has 0 radical (unpaired) electrons. The van der Waals surface area contributed by atoms with E-state index < -0.39 is 0 Å². The number of aromatic nitrogens is 1. The second-order valence-electron chi connectivity index (χ2n) is 5.04. The number of amides is 1. The molecule has 0 N–H and O–H groups in total. The molecule has 0 fully saturated rings. The molecule has 0 aliphatic heterocycles. The maximum atomic E-state index is 12.6. The third kappa shape index (κ3) is 3.76. The lowest BCUT2D eigenvalue weighted by Gasteiger charge is -2.10. The molecule has 116 valence electrons. The quantitative estimate of drug-likeness (QED) is 0.638. The van der Waals surface area contributed by atoms with Gasteiger partial charge in [-0.25, -0.2) is 0 Å². The van der Waals surface area contributed by atoms with E-state index in [4.69, 9.17) is 0 Å². The van der Waals surface area contributed by atoms with Gasteiger partial charge in [-0.1, -0.05) is 48.5 Å². The molecule has 0 bridgehead atoms. The molecule has 0 saturated heterocycles. The summed E-state index contributed by atoms with van der Waals surface area (Å²) in [6.07, 6.45) is 3.63. The smallest absolute Gasteiger partial charge is 0.502 e. The number of carbonyl (C=O) groups excluding carboxylic acids is 1. The minimum absolute atomic E-state index is 0. The first kappa shape index (κ1) is 16.7. The zero-order valence-corrected chi connectivity index (χ0v) is 13.5. The number of anilines is 1. The van der Waals surface area contributed by atoms with Crippen molar-refractivity contribution in [2.45, 2.75) is 0 Å². The zero-order valence-electron chi connectivity index (χ0n) is 12.8. The fourth-order valence-electron chi connectivity index (χ4n) is 2.33. The van der Waals surface area contributed by atoms with Gasteiger partial charge in [0.25, 0.3) is 0 Å². The summed E-state index contributed by atoms with van der Waals surface area (Å²) in [6.45, 7) is 0. The van der Waals surface area contributed by atoms with Gasteiger partial charge in [-0.15, -0.1) is 0 Å². The molecule has 1 amide bonds. The van der Waals surface area contributed by atoms with Gasteiger partial charge in [-0.2, -0.15) is 14.3 Å². The van der Waals surface area contributed by atoms with E-state index in [0.717, 1.165) is 16.8 Å². The van der Waals surface area contributed by atoms with E-state index in [1.807, 2.05) is 79.0 Å². The standard InChI is InChI=1S/C19H17N2O.ClH/c1-20(18-12-6-3-7-13-18)19(22)21-14-8-11-17(15-21)16-9-4-2-5-10-16;/h2-15H,1H3;1H/q+1;/p-1. The lowest BCUT2D eigenvalue weighted by Crippen LogP contribution is -3.00. The normalized spacial score (nSPS) is 9.78. The van der Waals surface area contributed by atoms with Crippen LogP contribution in [-0.4, -0.2) is 13.1 Å². The summed E-state index contributed by atoms with van der Waals surface area (Å²) < 4.78 is 1.61. The molecule has 3 nitrogen and oxygen atoms in total. The maximum absolute atomic E-state index is 12.6. The van der Waals surface area contributed by atoms with Crippen molar-refractivity contribution in [2.75, 3.05) is 11.9 Å². The lowest BCUT2D eigenvalue weighted by atomic mass is 10.1. The fraction of sp³-hybridized carbons (Fsp3) is 0.0526. The number of rotatable bonds is 2. The van der Waals surface area contributed by atoms with Crippen LogP contribution in [0.3, 0.4) is 0 Å². The molecular weight excluding hydrogens is 308 g/mol. The Hall–Kier alpha value is -2.65. The van der Waals surface area contributed by atoms with Crippen molar-refractivity contribution in [2.24, 2.45) is 0 Å². The number of hydrogen-bond donors (Lipinski definition) is 0. The van der Waals surface area contributed by atoms with Crippen LogP contribution in [0.5, 0.6) is 0 Å². The Morgan fingerprint density at radius 3 is 2.04 bits per heavy atom. The molecule has 2 aromatic carbocycles. The Bertz CT molecular complexity index is 776. The molecule has 1 aromatic heterocycles. The van der Waals surface area contributed by atoms with E-state index in [1.165, 1.54) is 0 Å². The average molecular weight is 325 g/mol. The highest BCUT2D eigenvalue weighted by molar-refractivity contribution is 5.85. The van der Waals surface area contributed by atoms with E-state index in [2.05, 4.69) is 0 Å². The van der Waals surface area contributed by atoms with Gasteiger partial charge in [-0.3, -0.25) is 0 Å². The van der Waals surface area contributed by atoms with Crippen LogP contribution in [0.2, 0.25) is 0 Å². The number of pyridine rings is 1. The molecule has 0 atom stereocenters. The van der Waals surface area contributed by atoms with Crippen LogP contribution in [0.4, 0.5) is 10.5 Å². The topological polar surface area (TPSA) is 24.2 Å². The highest BCUT2D eigenvalue weighted by Crippen LogP contribution is 2.16. The van der Waals surface area contributed by atoms with Crippen LogP contribution in [0.25, 0.3) is 11.1 Å². The number of carbonyl (C=O) groups is 1. The van der Waals surface area contributed by atoms with E-state index >= 15 is 0 Å². The predicted octanol–water partition coefficient (Wildman–Crippen LogP) is 0.750. The van der Waals surface area contributed by atoms with Gasteiger partial charge in [0, 0.05) is 5.56 Å². The SMILES string of the molecule is CN(C(=O)[n+]1cccc(-c2ccccc2)c1)c1ccccc1.[Cl-]. The highest BCUT2D eigenvalue weighted by atomic mass is 35.5. The first-order valence-electron chi connectivity index (χ1n) is 7.15. The fourth-order valence-corrected chi connectivity index (χ4v) is 2.33. The summed E-state index contributed by atoms with van der Waals surface area (Å²) in [4.78, 5) is 14.3. The minimum atomic E-state index is -0.0935. The zero-order chi connectivity index (χ0) is 15.4. The minimum Gasteiger partial charge on any atom is -1.00 e. The molecule has 0 aliphatic rings. The van der Waals surface area contributed by atoms with Crippen LogP contribution in [0, 0.1) is 0 Å². The molecule has 0 aliphatic carbocycles. The van der Waals surface area contributed by atoms with Crippen molar-refractivity contribution >= 4 is 11.7 Å². The van der Waals surface area contributed by atoms with E-state index in [1.54, 1.807) is 22.7 Å². The third-order valence-electron chi connectivity index (χ3n) is 3.56. The van der Waals surface area contributed by atoms with Crippen LogP contribution in [0.15, 0.2) is 85.2 Å². The van der Waals surface area contributed by atoms with Crippen molar-refractivity contribution < 1.29 is 21.8 Å². The summed E-state index contributed by atoms with van der Waals surface area (Å²) in [5.74, 6) is 0. The van der Waals surface area contributed by atoms with Crippen molar-refractivity contribution in [1.82, 2.24) is 0 Å².